The van der Waals surface area contributed by atoms with Gasteiger partial charge < -0.3 is 0 Å². The van der Waals surface area contributed by atoms with Gasteiger partial charge >= 0.3 is 0 Å². The third-order valence-electron chi connectivity index (χ3n) is 2.90. The van der Waals surface area contributed by atoms with Gasteiger partial charge in [0, 0.05) is 0 Å². The van der Waals surface area contributed by atoms with Crippen LogP contribution in [0.25, 0.3) is 11.6 Å². The molecule has 0 saturated heterocycles. The van der Waals surface area contributed by atoms with Gasteiger partial charge in [0.2, 0.25) is 0 Å². The minimum absolute atomic E-state index is 0.621. The molecule has 14 heavy (non-hydrogen) atoms. The molecule has 0 amide bonds. The van der Waals surface area contributed by atoms with Gasteiger partial charge in [0.25, 0.3) is 0 Å². The monoisotopic (exact) mass is 188 g/mol. The Labute approximate surface area is 87.0 Å². The first-order chi connectivity index (χ1) is 6.57. The molecule has 0 aliphatic heterocycles. The van der Waals surface area contributed by atoms with Gasteiger partial charge in [0.15, 0.2) is 0 Å². The topological polar surface area (TPSA) is 0 Å². The van der Waals surface area contributed by atoms with Crippen molar-refractivity contribution in [1.29, 1.82) is 0 Å². The Morgan fingerprint density at radius 2 is 1.93 bits per heavy atom. The van der Waals surface area contributed by atoms with Gasteiger partial charge in [0.05, 0.1) is 0 Å². The Bertz CT molecular complexity index is 422. The lowest BCUT2D eigenvalue weighted by Gasteiger charge is -2.06. The third-order valence-corrected chi connectivity index (χ3v) is 2.90. The average molecular weight is 188 g/mol. The predicted molar refractivity (Wildman–Crippen MR) is 64.5 cm³/mol. The Kier molecular flexibility index (Phi) is 3.51. The maximum Gasteiger partial charge on any atom is -0.0193 e. The van der Waals surface area contributed by atoms with Crippen LogP contribution in [0.3, 0.4) is 0 Å². The number of benzene rings is 1. The molecule has 0 heteroatoms. The molecule has 1 aromatic carbocycles. The van der Waals surface area contributed by atoms with Crippen LogP contribution in [0.1, 0.15) is 33.3 Å². The summed E-state index contributed by atoms with van der Waals surface area (Å²) in [5.41, 5.74) is 2.84. The summed E-state index contributed by atoms with van der Waals surface area (Å²) in [6.07, 6.45) is 2.20. The van der Waals surface area contributed by atoms with E-state index in [1.54, 1.807) is 0 Å². The normalized spacial score (nSPS) is 14.9. The average Bonchev–Trinajstić information content (AvgIpc) is 2.16. The molecule has 0 saturated carbocycles. The third kappa shape index (κ3) is 2.06. The minimum atomic E-state index is 0.621. The van der Waals surface area contributed by atoms with Crippen LogP contribution >= 0.6 is 0 Å². The van der Waals surface area contributed by atoms with Crippen LogP contribution in [0.15, 0.2) is 18.2 Å². The van der Waals surface area contributed by atoms with Crippen LogP contribution in [0.2, 0.25) is 0 Å². The Morgan fingerprint density at radius 3 is 2.43 bits per heavy atom. The molecule has 0 heterocycles. The number of hydrogen-bond acceptors (Lipinski definition) is 0. The first-order valence-electron chi connectivity index (χ1n) is 5.30. The minimum Gasteiger partial charge on any atom is -0.0795 e. The SMILES string of the molecule is C/C=c1/c(C)ccc/c1=C(\C)C(C)C. The molecule has 76 valence electrons. The van der Waals surface area contributed by atoms with Crippen molar-refractivity contribution in [3.63, 3.8) is 0 Å². The summed E-state index contributed by atoms with van der Waals surface area (Å²) in [6.45, 7) is 11.0. The molecule has 0 bridgehead atoms. The fourth-order valence-electron chi connectivity index (χ4n) is 1.72. The van der Waals surface area contributed by atoms with Gasteiger partial charge in [-0.1, -0.05) is 43.7 Å². The second kappa shape index (κ2) is 4.45. The van der Waals surface area contributed by atoms with E-state index < -0.39 is 0 Å². The predicted octanol–water partition coefficient (Wildman–Crippen LogP) is 2.62. The smallest absolute Gasteiger partial charge is 0.0193 e. The maximum absolute atomic E-state index is 2.25. The van der Waals surface area contributed by atoms with Gasteiger partial charge in [0.1, 0.15) is 0 Å². The highest BCUT2D eigenvalue weighted by molar-refractivity contribution is 5.46. The standard InChI is InChI=1S/C14H20/c1-6-13-11(4)8-7-9-14(13)12(5)10(2)3/h6-10H,1-5H3/b13-6-,14-12-. The molecule has 0 aliphatic carbocycles. The van der Waals surface area contributed by atoms with Crippen molar-refractivity contribution in [2.45, 2.75) is 34.6 Å². The van der Waals surface area contributed by atoms with Crippen LogP contribution in [0.5, 0.6) is 0 Å². The summed E-state index contributed by atoms with van der Waals surface area (Å²) in [6, 6.07) is 6.54. The van der Waals surface area contributed by atoms with E-state index in [9.17, 15) is 0 Å². The van der Waals surface area contributed by atoms with Crippen LogP contribution < -0.4 is 10.4 Å². The highest BCUT2D eigenvalue weighted by atomic mass is 14.0. The van der Waals surface area contributed by atoms with Gasteiger partial charge in [-0.25, -0.2) is 0 Å². The van der Waals surface area contributed by atoms with Crippen LogP contribution in [-0.4, -0.2) is 0 Å². The number of aryl methyl sites for hydroxylation is 1. The highest BCUT2D eigenvalue weighted by Gasteiger charge is 1.99. The zero-order valence-electron chi connectivity index (χ0n) is 9.89. The number of rotatable bonds is 1. The summed E-state index contributed by atoms with van der Waals surface area (Å²) in [4.78, 5) is 0. The molecular weight excluding hydrogens is 168 g/mol. The van der Waals surface area contributed by atoms with Gasteiger partial charge in [-0.15, -0.1) is 0 Å². The molecule has 0 spiro atoms. The van der Waals surface area contributed by atoms with Crippen molar-refractivity contribution in [3.05, 3.63) is 34.2 Å². The van der Waals surface area contributed by atoms with Crippen molar-refractivity contribution in [2.24, 2.45) is 5.92 Å². The first kappa shape index (κ1) is 11.0. The van der Waals surface area contributed by atoms with Crippen LogP contribution in [-0.2, 0) is 0 Å². The van der Waals surface area contributed by atoms with E-state index in [0.29, 0.717) is 5.92 Å². The Morgan fingerprint density at radius 1 is 1.29 bits per heavy atom. The lowest BCUT2D eigenvalue weighted by atomic mass is 9.99. The fraction of sp³-hybridized carbons (Fsp3) is 0.429. The van der Waals surface area contributed by atoms with Crippen LogP contribution in [0, 0.1) is 12.8 Å². The zero-order chi connectivity index (χ0) is 10.7. The molecule has 0 unspecified atom stereocenters. The molecule has 0 fully saturated rings. The fourth-order valence-corrected chi connectivity index (χ4v) is 1.72. The molecule has 0 aliphatic rings. The molecule has 0 radical (unpaired) electrons. The van der Waals surface area contributed by atoms with Crippen molar-refractivity contribution in [2.75, 3.05) is 0 Å². The molecule has 1 rings (SSSR count). The first-order valence-corrected chi connectivity index (χ1v) is 5.30. The van der Waals surface area contributed by atoms with E-state index in [2.05, 4.69) is 58.9 Å². The molecule has 0 N–H and O–H groups in total. The summed E-state index contributed by atoms with van der Waals surface area (Å²) in [5, 5.41) is 2.79. The molecular formula is C14H20. The lowest BCUT2D eigenvalue weighted by Crippen LogP contribution is -2.29. The van der Waals surface area contributed by atoms with E-state index in [1.807, 2.05) is 0 Å². The molecule has 0 aromatic heterocycles. The Hall–Kier alpha value is -1.04. The summed E-state index contributed by atoms with van der Waals surface area (Å²) < 4.78 is 0. The molecule has 1 aromatic rings. The van der Waals surface area contributed by atoms with E-state index in [1.165, 1.54) is 21.6 Å². The van der Waals surface area contributed by atoms with E-state index >= 15 is 0 Å². The summed E-state index contributed by atoms with van der Waals surface area (Å²) in [5.74, 6) is 0.621. The summed E-state index contributed by atoms with van der Waals surface area (Å²) >= 11 is 0. The van der Waals surface area contributed by atoms with Crippen LogP contribution in [0.4, 0.5) is 0 Å². The van der Waals surface area contributed by atoms with Gasteiger partial charge in [-0.2, -0.15) is 0 Å². The molecule has 0 atom stereocenters. The maximum atomic E-state index is 2.25. The molecule has 0 nitrogen and oxygen atoms in total. The lowest BCUT2D eigenvalue weighted by molar-refractivity contribution is 0.840. The zero-order valence-corrected chi connectivity index (χ0v) is 9.89. The van der Waals surface area contributed by atoms with Gasteiger partial charge in [-0.3, -0.25) is 0 Å². The quantitative estimate of drug-likeness (QED) is 0.635. The van der Waals surface area contributed by atoms with Crippen molar-refractivity contribution >= 4 is 11.6 Å². The van der Waals surface area contributed by atoms with E-state index in [-0.39, 0.29) is 0 Å². The summed E-state index contributed by atoms with van der Waals surface area (Å²) in [7, 11) is 0. The second-order valence-corrected chi connectivity index (χ2v) is 4.16. The second-order valence-electron chi connectivity index (χ2n) is 4.16. The van der Waals surface area contributed by atoms with E-state index in [0.717, 1.165) is 0 Å². The van der Waals surface area contributed by atoms with Crippen molar-refractivity contribution in [3.8, 4) is 0 Å². The highest BCUT2D eigenvalue weighted by Crippen LogP contribution is 2.05. The van der Waals surface area contributed by atoms with E-state index in [4.69, 9.17) is 0 Å². The van der Waals surface area contributed by atoms with Crippen molar-refractivity contribution < 1.29 is 0 Å². The van der Waals surface area contributed by atoms with Crippen molar-refractivity contribution in [1.82, 2.24) is 0 Å². The largest absolute Gasteiger partial charge is 0.0795 e. The van der Waals surface area contributed by atoms with Gasteiger partial charge in [-0.05, 0) is 42.7 Å². The Balaban J connectivity index is 3.67. The number of hydrogen-bond donors (Lipinski definition) is 0.